The first-order chi connectivity index (χ1) is 8.48. The Labute approximate surface area is 111 Å². The highest BCUT2D eigenvalue weighted by Crippen LogP contribution is 2.21. The first-order valence-electron chi connectivity index (χ1n) is 6.73. The number of nitrogens with one attached hydrogen (secondary N) is 1. The van der Waals surface area contributed by atoms with Gasteiger partial charge in [0, 0.05) is 12.2 Å². The van der Waals surface area contributed by atoms with E-state index in [1.54, 1.807) is 0 Å². The molecule has 2 nitrogen and oxygen atoms in total. The van der Waals surface area contributed by atoms with Crippen molar-refractivity contribution in [2.75, 3.05) is 11.9 Å². The van der Waals surface area contributed by atoms with E-state index in [2.05, 4.69) is 43.4 Å². The largest absolute Gasteiger partial charge is 0.385 e. The lowest BCUT2D eigenvalue weighted by atomic mass is 9.90. The summed E-state index contributed by atoms with van der Waals surface area (Å²) in [6, 6.07) is 8.87. The number of anilines is 1. The van der Waals surface area contributed by atoms with Crippen LogP contribution in [0, 0.1) is 23.7 Å². The number of aryl methyl sites for hydroxylation is 2. The molecule has 0 radical (unpaired) electrons. The topological polar surface area (TPSA) is 35.8 Å². The van der Waals surface area contributed by atoms with Crippen LogP contribution in [0.25, 0.3) is 0 Å². The van der Waals surface area contributed by atoms with Crippen LogP contribution in [-0.4, -0.2) is 6.54 Å². The Morgan fingerprint density at radius 3 is 2.61 bits per heavy atom. The smallest absolute Gasteiger partial charge is 0.0683 e. The Bertz CT molecular complexity index is 427. The van der Waals surface area contributed by atoms with E-state index < -0.39 is 0 Å². The van der Waals surface area contributed by atoms with Crippen molar-refractivity contribution in [3.8, 4) is 6.07 Å². The van der Waals surface area contributed by atoms with Crippen LogP contribution < -0.4 is 5.32 Å². The maximum atomic E-state index is 8.93. The number of benzene rings is 1. The van der Waals surface area contributed by atoms with Gasteiger partial charge in [-0.15, -0.1) is 0 Å². The molecule has 0 saturated heterocycles. The SMILES string of the molecule is CCc1ccc(NCCCC(C)(C)C#N)cc1C. The molecule has 18 heavy (non-hydrogen) atoms. The Morgan fingerprint density at radius 2 is 2.06 bits per heavy atom. The van der Waals surface area contributed by atoms with Gasteiger partial charge in [0.2, 0.25) is 0 Å². The average Bonchev–Trinajstić information content (AvgIpc) is 2.35. The molecular weight excluding hydrogens is 220 g/mol. The van der Waals surface area contributed by atoms with Gasteiger partial charge >= 0.3 is 0 Å². The summed E-state index contributed by atoms with van der Waals surface area (Å²) >= 11 is 0. The molecule has 0 amide bonds. The Hall–Kier alpha value is -1.49. The normalized spacial score (nSPS) is 11.1. The molecule has 0 heterocycles. The second-order valence-corrected chi connectivity index (χ2v) is 5.52. The predicted octanol–water partition coefficient (Wildman–Crippen LogP) is 4.30. The zero-order valence-corrected chi connectivity index (χ0v) is 12.0. The van der Waals surface area contributed by atoms with Crippen LogP contribution in [-0.2, 0) is 6.42 Å². The van der Waals surface area contributed by atoms with Gasteiger partial charge in [0.1, 0.15) is 0 Å². The summed E-state index contributed by atoms with van der Waals surface area (Å²) in [6.07, 6.45) is 3.04. The Balaban J connectivity index is 2.41. The van der Waals surface area contributed by atoms with Crippen LogP contribution in [0.1, 0.15) is 44.7 Å². The summed E-state index contributed by atoms with van der Waals surface area (Å²) in [4.78, 5) is 0. The minimum Gasteiger partial charge on any atom is -0.385 e. The van der Waals surface area contributed by atoms with E-state index in [0.717, 1.165) is 25.8 Å². The quantitative estimate of drug-likeness (QED) is 0.757. The van der Waals surface area contributed by atoms with Gasteiger partial charge in [0.05, 0.1) is 11.5 Å². The molecule has 0 spiro atoms. The summed E-state index contributed by atoms with van der Waals surface area (Å²) in [6.45, 7) is 9.25. The third kappa shape index (κ3) is 4.41. The van der Waals surface area contributed by atoms with E-state index in [4.69, 9.17) is 5.26 Å². The fourth-order valence-corrected chi connectivity index (χ4v) is 2.02. The van der Waals surface area contributed by atoms with E-state index >= 15 is 0 Å². The van der Waals surface area contributed by atoms with Crippen molar-refractivity contribution in [1.82, 2.24) is 0 Å². The van der Waals surface area contributed by atoms with Gasteiger partial charge in [-0.25, -0.2) is 0 Å². The van der Waals surface area contributed by atoms with Gasteiger partial charge in [-0.3, -0.25) is 0 Å². The highest BCUT2D eigenvalue weighted by Gasteiger charge is 2.15. The van der Waals surface area contributed by atoms with Crippen molar-refractivity contribution in [2.45, 2.75) is 47.0 Å². The van der Waals surface area contributed by atoms with Gasteiger partial charge in [0.25, 0.3) is 0 Å². The van der Waals surface area contributed by atoms with E-state index in [1.807, 2.05) is 13.8 Å². The van der Waals surface area contributed by atoms with Crippen LogP contribution in [0.15, 0.2) is 18.2 Å². The van der Waals surface area contributed by atoms with E-state index in [1.165, 1.54) is 16.8 Å². The minimum absolute atomic E-state index is 0.205. The highest BCUT2D eigenvalue weighted by molar-refractivity contribution is 5.48. The molecule has 0 bridgehead atoms. The van der Waals surface area contributed by atoms with Crippen LogP contribution >= 0.6 is 0 Å². The lowest BCUT2D eigenvalue weighted by Gasteiger charge is -2.15. The number of nitrogens with zero attached hydrogens (tertiary/aromatic N) is 1. The number of rotatable bonds is 6. The second-order valence-electron chi connectivity index (χ2n) is 5.52. The van der Waals surface area contributed by atoms with Gasteiger partial charge in [-0.2, -0.15) is 5.26 Å². The molecule has 1 aromatic carbocycles. The Morgan fingerprint density at radius 1 is 1.33 bits per heavy atom. The predicted molar refractivity (Wildman–Crippen MR) is 77.7 cm³/mol. The molecule has 1 N–H and O–H groups in total. The maximum absolute atomic E-state index is 8.93. The molecule has 0 aliphatic rings. The lowest BCUT2D eigenvalue weighted by Crippen LogP contribution is -2.11. The fraction of sp³-hybridized carbons (Fsp3) is 0.562. The number of hydrogen-bond donors (Lipinski definition) is 1. The standard InChI is InChI=1S/C16H24N2/c1-5-14-7-8-15(11-13(14)2)18-10-6-9-16(3,4)12-17/h7-8,11,18H,5-6,9-10H2,1-4H3. The first kappa shape index (κ1) is 14.6. The molecule has 0 unspecified atom stereocenters. The maximum Gasteiger partial charge on any atom is 0.0683 e. The van der Waals surface area contributed by atoms with Crippen LogP contribution in [0.5, 0.6) is 0 Å². The summed E-state index contributed by atoms with van der Waals surface area (Å²) < 4.78 is 0. The van der Waals surface area contributed by atoms with Crippen molar-refractivity contribution in [1.29, 1.82) is 5.26 Å². The zero-order valence-electron chi connectivity index (χ0n) is 12.0. The second kappa shape index (κ2) is 6.44. The lowest BCUT2D eigenvalue weighted by molar-refractivity contribution is 0.441. The Kier molecular flexibility index (Phi) is 5.22. The average molecular weight is 244 g/mol. The van der Waals surface area contributed by atoms with Crippen LogP contribution in [0.3, 0.4) is 0 Å². The van der Waals surface area contributed by atoms with Crippen LogP contribution in [0.4, 0.5) is 5.69 Å². The van der Waals surface area contributed by atoms with E-state index in [0.29, 0.717) is 0 Å². The van der Waals surface area contributed by atoms with Crippen molar-refractivity contribution in [3.05, 3.63) is 29.3 Å². The molecular formula is C16H24N2. The number of nitriles is 1. The highest BCUT2D eigenvalue weighted by atomic mass is 14.9. The van der Waals surface area contributed by atoms with E-state index in [9.17, 15) is 0 Å². The molecule has 0 atom stereocenters. The molecule has 0 aliphatic heterocycles. The summed E-state index contributed by atoms with van der Waals surface area (Å²) in [7, 11) is 0. The van der Waals surface area contributed by atoms with Gasteiger partial charge in [0.15, 0.2) is 0 Å². The number of hydrogen-bond acceptors (Lipinski definition) is 2. The monoisotopic (exact) mass is 244 g/mol. The molecule has 0 saturated carbocycles. The summed E-state index contributed by atoms with van der Waals surface area (Å²) in [5.41, 5.74) is 3.73. The van der Waals surface area contributed by atoms with Gasteiger partial charge in [-0.05, 0) is 63.3 Å². The van der Waals surface area contributed by atoms with Crippen molar-refractivity contribution in [3.63, 3.8) is 0 Å². The summed E-state index contributed by atoms with van der Waals surface area (Å²) in [5.74, 6) is 0. The molecule has 2 heteroatoms. The molecule has 1 rings (SSSR count). The van der Waals surface area contributed by atoms with E-state index in [-0.39, 0.29) is 5.41 Å². The van der Waals surface area contributed by atoms with Crippen LogP contribution in [0.2, 0.25) is 0 Å². The molecule has 1 aromatic rings. The molecule has 98 valence electrons. The minimum atomic E-state index is -0.205. The zero-order chi connectivity index (χ0) is 13.6. The van der Waals surface area contributed by atoms with Gasteiger partial charge < -0.3 is 5.32 Å². The van der Waals surface area contributed by atoms with Crippen molar-refractivity contribution in [2.24, 2.45) is 5.41 Å². The molecule has 0 fully saturated rings. The van der Waals surface area contributed by atoms with Crippen molar-refractivity contribution >= 4 is 5.69 Å². The fourth-order valence-electron chi connectivity index (χ4n) is 2.02. The third-order valence-corrected chi connectivity index (χ3v) is 3.33. The first-order valence-corrected chi connectivity index (χ1v) is 6.73. The third-order valence-electron chi connectivity index (χ3n) is 3.33. The van der Waals surface area contributed by atoms with Gasteiger partial charge in [-0.1, -0.05) is 13.0 Å². The molecule has 0 aromatic heterocycles. The summed E-state index contributed by atoms with van der Waals surface area (Å²) in [5, 5.41) is 12.4. The van der Waals surface area contributed by atoms with Crippen molar-refractivity contribution < 1.29 is 0 Å². The molecule has 0 aliphatic carbocycles.